The van der Waals surface area contributed by atoms with Crippen LogP contribution in [0.5, 0.6) is 0 Å². The highest BCUT2D eigenvalue weighted by Gasteiger charge is 2.22. The van der Waals surface area contributed by atoms with Crippen molar-refractivity contribution in [3.8, 4) is 0 Å². The van der Waals surface area contributed by atoms with E-state index in [4.69, 9.17) is 21.3 Å². The van der Waals surface area contributed by atoms with E-state index in [0.717, 1.165) is 42.5 Å². The van der Waals surface area contributed by atoms with E-state index in [1.165, 1.54) is 0 Å². The third kappa shape index (κ3) is 4.89. The third-order valence-electron chi connectivity index (χ3n) is 5.45. The number of amides is 2. The second-order valence-electron chi connectivity index (χ2n) is 7.62. The van der Waals surface area contributed by atoms with Crippen molar-refractivity contribution in [3.05, 3.63) is 58.9 Å². The molecule has 0 radical (unpaired) electrons. The molecule has 4 rings (SSSR count). The molecule has 1 atom stereocenters. The number of hydrogen-bond donors (Lipinski definition) is 2. The van der Waals surface area contributed by atoms with E-state index in [1.807, 2.05) is 29.8 Å². The van der Waals surface area contributed by atoms with Crippen LogP contribution in [0.3, 0.4) is 0 Å². The van der Waals surface area contributed by atoms with Crippen LogP contribution in [-0.2, 0) is 23.0 Å². The summed E-state index contributed by atoms with van der Waals surface area (Å²) in [6.07, 6.45) is 2.96. The smallest absolute Gasteiger partial charge is 0.257 e. The lowest BCUT2D eigenvalue weighted by Gasteiger charge is -2.10. The number of hydrogen-bond acceptors (Lipinski definition) is 4. The second-order valence-corrected chi connectivity index (χ2v) is 8.03. The fourth-order valence-corrected chi connectivity index (χ4v) is 3.97. The fraction of sp³-hybridized carbons (Fsp3) is 0.348. The summed E-state index contributed by atoms with van der Waals surface area (Å²) in [6, 6.07) is 12.6. The highest BCUT2D eigenvalue weighted by Crippen LogP contribution is 2.22. The van der Waals surface area contributed by atoms with Gasteiger partial charge >= 0.3 is 0 Å². The van der Waals surface area contributed by atoms with Crippen molar-refractivity contribution in [2.75, 3.05) is 18.5 Å². The highest BCUT2D eigenvalue weighted by molar-refractivity contribution is 6.34. The Balaban J connectivity index is 1.37. The van der Waals surface area contributed by atoms with Crippen molar-refractivity contribution in [3.63, 3.8) is 0 Å². The van der Waals surface area contributed by atoms with Crippen LogP contribution >= 0.6 is 11.6 Å². The lowest BCUT2D eigenvalue weighted by atomic mass is 10.2. The van der Waals surface area contributed by atoms with E-state index >= 15 is 0 Å². The average Bonchev–Trinajstić information content (AvgIpc) is 3.40. The predicted molar refractivity (Wildman–Crippen MR) is 120 cm³/mol. The normalized spacial score (nSPS) is 15.9. The van der Waals surface area contributed by atoms with Gasteiger partial charge < -0.3 is 19.9 Å². The maximum atomic E-state index is 12.5. The zero-order valence-electron chi connectivity index (χ0n) is 17.4. The number of aromatic nitrogens is 2. The van der Waals surface area contributed by atoms with Gasteiger partial charge in [0.05, 0.1) is 21.6 Å². The molecule has 1 aliphatic heterocycles. The summed E-state index contributed by atoms with van der Waals surface area (Å²) in [7, 11) is 1.97. The summed E-state index contributed by atoms with van der Waals surface area (Å²) in [5, 5.41) is 6.23. The van der Waals surface area contributed by atoms with Crippen molar-refractivity contribution in [2.24, 2.45) is 7.05 Å². The lowest BCUT2D eigenvalue weighted by Crippen LogP contribution is -2.34. The number of fused-ring (bicyclic) bond motifs is 1. The fourth-order valence-electron chi connectivity index (χ4n) is 3.75. The Morgan fingerprint density at radius 1 is 1.26 bits per heavy atom. The van der Waals surface area contributed by atoms with Crippen LogP contribution in [-0.4, -0.2) is 40.6 Å². The zero-order valence-corrected chi connectivity index (χ0v) is 18.1. The number of ether oxygens (including phenoxy) is 1. The van der Waals surface area contributed by atoms with Crippen molar-refractivity contribution in [1.29, 1.82) is 0 Å². The van der Waals surface area contributed by atoms with Crippen molar-refractivity contribution in [2.45, 2.75) is 31.8 Å². The van der Waals surface area contributed by atoms with E-state index in [2.05, 4.69) is 10.6 Å². The zero-order chi connectivity index (χ0) is 21.8. The van der Waals surface area contributed by atoms with E-state index < -0.39 is 0 Å². The summed E-state index contributed by atoms with van der Waals surface area (Å²) < 4.78 is 7.44. The molecule has 7 nitrogen and oxygen atoms in total. The van der Waals surface area contributed by atoms with Crippen molar-refractivity contribution in [1.82, 2.24) is 14.9 Å². The van der Waals surface area contributed by atoms with Gasteiger partial charge in [0, 0.05) is 32.3 Å². The minimum Gasteiger partial charge on any atom is -0.368 e. The maximum absolute atomic E-state index is 12.5. The minimum absolute atomic E-state index is 0.0265. The van der Waals surface area contributed by atoms with E-state index in [-0.39, 0.29) is 17.9 Å². The molecule has 1 saturated heterocycles. The topological polar surface area (TPSA) is 85.2 Å². The van der Waals surface area contributed by atoms with Crippen LogP contribution in [0, 0.1) is 0 Å². The number of nitrogens with one attached hydrogen (secondary N) is 2. The summed E-state index contributed by atoms with van der Waals surface area (Å²) in [5.74, 6) is 0.639. The van der Waals surface area contributed by atoms with Gasteiger partial charge in [-0.05, 0) is 49.6 Å². The number of carbonyl (C=O) groups excluding carboxylic acids is 2. The highest BCUT2D eigenvalue weighted by atomic mass is 35.5. The number of imidazole rings is 1. The molecular weight excluding hydrogens is 416 g/mol. The number of rotatable bonds is 7. The Morgan fingerprint density at radius 3 is 2.87 bits per heavy atom. The van der Waals surface area contributed by atoms with Crippen LogP contribution in [0.15, 0.2) is 42.5 Å². The molecule has 0 spiro atoms. The van der Waals surface area contributed by atoms with Crippen LogP contribution in [0.25, 0.3) is 11.0 Å². The monoisotopic (exact) mass is 440 g/mol. The van der Waals surface area contributed by atoms with Crippen molar-refractivity contribution >= 4 is 40.1 Å². The number of nitrogens with zero attached hydrogens (tertiary/aromatic N) is 2. The van der Waals surface area contributed by atoms with Crippen LogP contribution in [0.4, 0.5) is 5.69 Å². The van der Waals surface area contributed by atoms with E-state index in [0.29, 0.717) is 29.4 Å². The van der Waals surface area contributed by atoms with Crippen molar-refractivity contribution < 1.29 is 14.3 Å². The Kier molecular flexibility index (Phi) is 6.53. The van der Waals surface area contributed by atoms with E-state index in [1.54, 1.807) is 24.3 Å². The first kappa shape index (κ1) is 21.3. The molecule has 2 aromatic carbocycles. The van der Waals surface area contributed by atoms with Crippen LogP contribution in [0.2, 0.25) is 5.02 Å². The number of halogens is 1. The molecule has 0 aliphatic carbocycles. The Morgan fingerprint density at radius 2 is 2.10 bits per heavy atom. The Labute approximate surface area is 185 Å². The molecule has 162 valence electrons. The quantitative estimate of drug-likeness (QED) is 0.548. The van der Waals surface area contributed by atoms with Gasteiger partial charge in [0.1, 0.15) is 11.9 Å². The summed E-state index contributed by atoms with van der Waals surface area (Å²) in [5.41, 5.74) is 2.87. The van der Waals surface area contributed by atoms with Gasteiger partial charge in [-0.1, -0.05) is 23.7 Å². The minimum atomic E-state index is -0.296. The first-order valence-electron chi connectivity index (χ1n) is 10.4. The summed E-state index contributed by atoms with van der Waals surface area (Å²) in [4.78, 5) is 29.2. The Hall–Kier alpha value is -2.90. The number of carbonyl (C=O) groups is 2. The summed E-state index contributed by atoms with van der Waals surface area (Å²) in [6.45, 7) is 1.25. The molecule has 31 heavy (non-hydrogen) atoms. The van der Waals surface area contributed by atoms with Gasteiger partial charge in [0.2, 0.25) is 5.91 Å². The van der Waals surface area contributed by atoms with Crippen LogP contribution in [0.1, 0.15) is 35.4 Å². The molecule has 0 saturated carbocycles. The molecule has 1 aromatic heterocycles. The molecule has 8 heteroatoms. The van der Waals surface area contributed by atoms with E-state index in [9.17, 15) is 9.59 Å². The first-order valence-corrected chi connectivity index (χ1v) is 10.8. The molecule has 2 N–H and O–H groups in total. The molecule has 3 aromatic rings. The predicted octanol–water partition coefficient (Wildman–Crippen LogP) is 3.71. The first-order chi connectivity index (χ1) is 15.0. The molecule has 1 aliphatic rings. The molecule has 0 bridgehead atoms. The van der Waals surface area contributed by atoms with Gasteiger partial charge in [-0.3, -0.25) is 9.59 Å². The Bertz CT molecular complexity index is 1110. The molecule has 2 amide bonds. The standard InChI is InChI=1S/C23H25ClN4O3/c1-28-19-11-10-15(26-22(29)16-6-2-3-7-17(16)24)14-18(19)27-21(28)9-4-12-25-23(30)20-8-5-13-31-20/h2-3,6-7,10-11,14,20H,4-5,8-9,12-13H2,1H3,(H,25,30)(H,26,29)/t20-/m1/s1. The largest absolute Gasteiger partial charge is 0.368 e. The maximum Gasteiger partial charge on any atom is 0.257 e. The van der Waals surface area contributed by atoms with Crippen LogP contribution < -0.4 is 10.6 Å². The van der Waals surface area contributed by atoms with Gasteiger partial charge in [0.25, 0.3) is 5.91 Å². The second kappa shape index (κ2) is 9.49. The van der Waals surface area contributed by atoms with Gasteiger partial charge in [-0.2, -0.15) is 0 Å². The number of anilines is 1. The SMILES string of the molecule is Cn1c(CCCNC(=O)[C@H]2CCCO2)nc2cc(NC(=O)c3ccccc3Cl)ccc21. The molecule has 1 fully saturated rings. The van der Waals surface area contributed by atoms with Gasteiger partial charge in [-0.15, -0.1) is 0 Å². The summed E-state index contributed by atoms with van der Waals surface area (Å²) >= 11 is 6.11. The lowest BCUT2D eigenvalue weighted by molar-refractivity contribution is -0.130. The number of aryl methyl sites for hydroxylation is 2. The van der Waals surface area contributed by atoms with Gasteiger partial charge in [0.15, 0.2) is 0 Å². The molecule has 0 unspecified atom stereocenters. The average molecular weight is 441 g/mol. The molecular formula is C23H25ClN4O3. The van der Waals surface area contributed by atoms with Gasteiger partial charge in [-0.25, -0.2) is 4.98 Å². The molecule has 2 heterocycles. The number of benzene rings is 2. The third-order valence-corrected chi connectivity index (χ3v) is 5.78.